The van der Waals surface area contributed by atoms with E-state index in [1.165, 1.54) is 42.7 Å². The second kappa shape index (κ2) is 9.60. The van der Waals surface area contributed by atoms with Crippen molar-refractivity contribution in [1.29, 1.82) is 0 Å². The predicted molar refractivity (Wildman–Crippen MR) is 118 cm³/mol. The zero-order valence-electron chi connectivity index (χ0n) is 17.4. The molecule has 0 radical (unpaired) electrons. The monoisotopic (exact) mass is 527 g/mol. The van der Waals surface area contributed by atoms with E-state index in [1.54, 1.807) is 0 Å². The number of hydrogen-bond donors (Lipinski definition) is 1. The molecule has 0 spiro atoms. The number of aldehydes is 1. The third-order valence-electron chi connectivity index (χ3n) is 4.81. The van der Waals surface area contributed by atoms with E-state index in [0.717, 1.165) is 9.36 Å². The van der Waals surface area contributed by atoms with Crippen LogP contribution in [0.15, 0.2) is 47.5 Å². The summed E-state index contributed by atoms with van der Waals surface area (Å²) in [6.45, 7) is -1.48. The summed E-state index contributed by atoms with van der Waals surface area (Å²) in [5.74, 6) is -0.328. The van der Waals surface area contributed by atoms with Gasteiger partial charge in [0.2, 0.25) is 0 Å². The van der Waals surface area contributed by atoms with Gasteiger partial charge in [-0.2, -0.15) is 13.2 Å². The summed E-state index contributed by atoms with van der Waals surface area (Å²) in [5.41, 5.74) is -0.418. The molecule has 0 saturated carbocycles. The van der Waals surface area contributed by atoms with E-state index in [1.807, 2.05) is 0 Å². The Kier molecular flexibility index (Phi) is 6.74. The Morgan fingerprint density at radius 2 is 1.83 bits per heavy atom. The molecule has 0 bridgehead atoms. The van der Waals surface area contributed by atoms with Crippen molar-refractivity contribution in [3.8, 4) is 17.1 Å². The van der Waals surface area contributed by atoms with Gasteiger partial charge in [-0.15, -0.1) is 10.2 Å². The molecule has 0 fully saturated rings. The van der Waals surface area contributed by atoms with Gasteiger partial charge in [0.1, 0.15) is 12.2 Å². The van der Waals surface area contributed by atoms with Crippen LogP contribution in [0.1, 0.15) is 16.4 Å². The Hall–Kier alpha value is -3.55. The van der Waals surface area contributed by atoms with Gasteiger partial charge in [0.05, 0.1) is 17.8 Å². The van der Waals surface area contributed by atoms with Gasteiger partial charge in [-0.25, -0.2) is 19.1 Å². The summed E-state index contributed by atoms with van der Waals surface area (Å²) >= 11 is 12.0. The van der Waals surface area contributed by atoms with Crippen LogP contribution in [0.3, 0.4) is 0 Å². The van der Waals surface area contributed by atoms with Crippen LogP contribution in [-0.4, -0.2) is 57.8 Å². The van der Waals surface area contributed by atoms with Gasteiger partial charge < -0.3 is 5.11 Å². The van der Waals surface area contributed by atoms with Gasteiger partial charge in [-0.05, 0) is 30.3 Å². The molecule has 0 unspecified atom stereocenters. The van der Waals surface area contributed by atoms with Gasteiger partial charge in [-0.3, -0.25) is 14.3 Å². The summed E-state index contributed by atoms with van der Waals surface area (Å²) in [7, 11) is 0. The number of aromatic nitrogens is 7. The molecule has 1 N–H and O–H groups in total. The number of pyridine rings is 1. The van der Waals surface area contributed by atoms with E-state index in [2.05, 4.69) is 20.2 Å². The highest BCUT2D eigenvalue weighted by atomic mass is 35.5. The number of carbonyl (C=O) groups is 1. The molecule has 0 aliphatic heterocycles. The molecular formula is C20H14Cl2F3N7O3. The summed E-state index contributed by atoms with van der Waals surface area (Å²) in [5, 5.41) is 18.5. The molecule has 0 aliphatic rings. The highest BCUT2D eigenvalue weighted by Crippen LogP contribution is 2.24. The maximum Gasteiger partial charge on any atom is 0.416 e. The molecule has 1 atom stereocenters. The Labute approximate surface area is 204 Å². The molecule has 10 nitrogen and oxygen atoms in total. The Morgan fingerprint density at radius 1 is 1.11 bits per heavy atom. The van der Waals surface area contributed by atoms with Crippen molar-refractivity contribution in [2.24, 2.45) is 0 Å². The van der Waals surface area contributed by atoms with Crippen molar-refractivity contribution in [3.63, 3.8) is 0 Å². The maximum atomic E-state index is 13.0. The van der Waals surface area contributed by atoms with Crippen molar-refractivity contribution in [2.45, 2.75) is 25.4 Å². The van der Waals surface area contributed by atoms with Crippen LogP contribution in [0, 0.1) is 0 Å². The van der Waals surface area contributed by atoms with Gasteiger partial charge in [0.25, 0.3) is 0 Å². The lowest BCUT2D eigenvalue weighted by atomic mass is 10.2. The normalized spacial score (nSPS) is 12.6. The molecule has 35 heavy (non-hydrogen) atoms. The van der Waals surface area contributed by atoms with E-state index in [9.17, 15) is 27.9 Å². The number of nitrogens with zero attached hydrogens (tertiary/aromatic N) is 7. The minimum atomic E-state index is -4.96. The summed E-state index contributed by atoms with van der Waals surface area (Å²) in [6, 6.07) is 7.35. The average molecular weight is 528 g/mol. The molecule has 182 valence electrons. The van der Waals surface area contributed by atoms with E-state index in [4.69, 9.17) is 23.2 Å². The molecule has 0 saturated heterocycles. The molecule has 4 aromatic rings. The predicted octanol–water partition coefficient (Wildman–Crippen LogP) is 2.78. The molecular weight excluding hydrogens is 514 g/mol. The van der Waals surface area contributed by atoms with Crippen LogP contribution in [0.25, 0.3) is 17.1 Å². The van der Waals surface area contributed by atoms with Crippen molar-refractivity contribution in [1.82, 2.24) is 34.1 Å². The Bertz CT molecular complexity index is 1430. The van der Waals surface area contributed by atoms with Crippen LogP contribution in [0.5, 0.6) is 0 Å². The SMILES string of the molecule is O=Cc1nc(Cn2nc(-c3ccc(Cl)cc3)n(C[C@@H](O)C(F)(F)F)c2=O)nn1-c1cnccc1Cl. The second-order valence-electron chi connectivity index (χ2n) is 7.18. The zero-order valence-corrected chi connectivity index (χ0v) is 18.9. The fraction of sp³-hybridized carbons (Fsp3) is 0.200. The number of benzene rings is 1. The van der Waals surface area contributed by atoms with Crippen LogP contribution in [0.4, 0.5) is 13.2 Å². The first-order valence-corrected chi connectivity index (χ1v) is 10.5. The largest absolute Gasteiger partial charge is 0.416 e. The van der Waals surface area contributed by atoms with Gasteiger partial charge in [0, 0.05) is 16.8 Å². The smallest absolute Gasteiger partial charge is 0.382 e. The number of aliphatic hydroxyl groups excluding tert-OH is 1. The maximum absolute atomic E-state index is 13.0. The fourth-order valence-electron chi connectivity index (χ4n) is 3.15. The summed E-state index contributed by atoms with van der Waals surface area (Å²) in [4.78, 5) is 32.5. The molecule has 3 aromatic heterocycles. The number of aliphatic hydroxyl groups is 1. The minimum Gasteiger partial charge on any atom is -0.382 e. The molecule has 3 heterocycles. The van der Waals surface area contributed by atoms with Gasteiger partial charge in [-0.1, -0.05) is 23.2 Å². The first-order valence-electron chi connectivity index (χ1n) is 9.78. The lowest BCUT2D eigenvalue weighted by Crippen LogP contribution is -2.37. The highest BCUT2D eigenvalue weighted by Gasteiger charge is 2.39. The number of carbonyl (C=O) groups excluding carboxylic acids is 1. The van der Waals surface area contributed by atoms with Crippen molar-refractivity contribution < 1.29 is 23.1 Å². The van der Waals surface area contributed by atoms with Crippen molar-refractivity contribution >= 4 is 29.5 Å². The first-order chi connectivity index (χ1) is 16.6. The number of hydrogen-bond acceptors (Lipinski definition) is 7. The lowest BCUT2D eigenvalue weighted by molar-refractivity contribution is -0.207. The van der Waals surface area contributed by atoms with Crippen LogP contribution < -0.4 is 5.69 Å². The third kappa shape index (κ3) is 5.11. The average Bonchev–Trinajstić information content (AvgIpc) is 3.35. The quantitative estimate of drug-likeness (QED) is 0.367. The molecule has 1 aromatic carbocycles. The number of halogens is 5. The third-order valence-corrected chi connectivity index (χ3v) is 5.38. The molecule has 0 amide bonds. The van der Waals surface area contributed by atoms with Crippen LogP contribution in [0.2, 0.25) is 10.0 Å². The molecule has 4 rings (SSSR count). The molecule has 0 aliphatic carbocycles. The van der Waals surface area contributed by atoms with E-state index >= 15 is 0 Å². The molecule has 15 heteroatoms. The minimum absolute atomic E-state index is 0.0437. The Morgan fingerprint density at radius 3 is 2.46 bits per heavy atom. The number of rotatable bonds is 7. The fourth-order valence-corrected chi connectivity index (χ4v) is 3.46. The number of alkyl halides is 3. The van der Waals surface area contributed by atoms with E-state index in [0.29, 0.717) is 15.9 Å². The van der Waals surface area contributed by atoms with Crippen molar-refractivity contribution in [3.05, 3.63) is 74.9 Å². The Balaban J connectivity index is 1.76. The van der Waals surface area contributed by atoms with E-state index in [-0.39, 0.29) is 40.3 Å². The van der Waals surface area contributed by atoms with Crippen LogP contribution in [-0.2, 0) is 13.1 Å². The lowest BCUT2D eigenvalue weighted by Gasteiger charge is -2.15. The van der Waals surface area contributed by atoms with Crippen molar-refractivity contribution in [2.75, 3.05) is 0 Å². The summed E-state index contributed by atoms with van der Waals surface area (Å²) < 4.78 is 41.7. The zero-order chi connectivity index (χ0) is 25.3. The highest BCUT2D eigenvalue weighted by molar-refractivity contribution is 6.32. The van der Waals surface area contributed by atoms with Gasteiger partial charge >= 0.3 is 11.9 Å². The van der Waals surface area contributed by atoms with Gasteiger partial charge in [0.15, 0.2) is 29.9 Å². The van der Waals surface area contributed by atoms with E-state index < -0.39 is 24.5 Å². The summed E-state index contributed by atoms with van der Waals surface area (Å²) in [6.07, 6.45) is -4.56. The topological polar surface area (TPSA) is 121 Å². The standard InChI is InChI=1S/C20H14Cl2F3N7O3/c21-12-3-1-11(2-4-12)18-29-31(19(35)30(18)8-15(34)20(23,24)25)9-16-27-17(10-33)32(28-16)14-7-26-6-5-13(14)22/h1-7,10,15,34H,8-9H2/t15-/m1/s1. The van der Waals surface area contributed by atoms with Crippen LogP contribution >= 0.6 is 23.2 Å². The first kappa shape index (κ1) is 24.6. The second-order valence-corrected chi connectivity index (χ2v) is 8.03.